The standard InChI is InChI=1S/C28H37N5O/c1-21-6-5-7-23(18-21)19-32(24-8-9-24)20-27-22(2)29-33(25-10-12-26(34-4)13-11-25)28(27)31-16-14-30(3)15-17-31/h5-7,10-13,18,24H,8-9,14-17,19-20H2,1-4H3. The van der Waals surface area contributed by atoms with E-state index < -0.39 is 0 Å². The van der Waals surface area contributed by atoms with Gasteiger partial charge in [0.25, 0.3) is 0 Å². The number of ether oxygens (including phenoxy) is 1. The van der Waals surface area contributed by atoms with Crippen molar-refractivity contribution < 1.29 is 4.74 Å². The van der Waals surface area contributed by atoms with E-state index in [0.29, 0.717) is 6.04 Å². The molecule has 2 aromatic carbocycles. The molecule has 6 heteroatoms. The van der Waals surface area contributed by atoms with Crippen molar-refractivity contribution in [1.29, 1.82) is 0 Å². The van der Waals surface area contributed by atoms with Crippen LogP contribution >= 0.6 is 0 Å². The smallest absolute Gasteiger partial charge is 0.137 e. The molecule has 34 heavy (non-hydrogen) atoms. The summed E-state index contributed by atoms with van der Waals surface area (Å²) in [5.41, 5.74) is 6.29. The summed E-state index contributed by atoms with van der Waals surface area (Å²) in [6, 6.07) is 17.9. The molecule has 1 aliphatic carbocycles. The van der Waals surface area contributed by atoms with Gasteiger partial charge in [0.1, 0.15) is 11.6 Å². The van der Waals surface area contributed by atoms with Gasteiger partial charge in [-0.3, -0.25) is 4.90 Å². The summed E-state index contributed by atoms with van der Waals surface area (Å²) in [4.78, 5) is 7.61. The first-order valence-electron chi connectivity index (χ1n) is 12.5. The van der Waals surface area contributed by atoms with Crippen molar-refractivity contribution >= 4 is 5.82 Å². The van der Waals surface area contributed by atoms with Crippen molar-refractivity contribution in [1.82, 2.24) is 19.6 Å². The Bertz CT molecular complexity index is 1110. The SMILES string of the molecule is COc1ccc(-n2nc(C)c(CN(Cc3cccc(C)c3)C3CC3)c2N2CCN(C)CC2)cc1. The van der Waals surface area contributed by atoms with Crippen molar-refractivity contribution in [2.24, 2.45) is 0 Å². The van der Waals surface area contributed by atoms with Gasteiger partial charge in [0.05, 0.1) is 18.5 Å². The van der Waals surface area contributed by atoms with Crippen molar-refractivity contribution in [2.45, 2.75) is 45.8 Å². The van der Waals surface area contributed by atoms with Gasteiger partial charge in [-0.15, -0.1) is 0 Å². The number of hydrogen-bond donors (Lipinski definition) is 0. The van der Waals surface area contributed by atoms with Gasteiger partial charge in [0.15, 0.2) is 0 Å². The molecule has 0 bridgehead atoms. The Hall–Kier alpha value is -2.83. The number of aryl methyl sites for hydroxylation is 2. The summed E-state index contributed by atoms with van der Waals surface area (Å²) in [6.45, 7) is 10.5. The van der Waals surface area contributed by atoms with Crippen LogP contribution in [0.15, 0.2) is 48.5 Å². The largest absolute Gasteiger partial charge is 0.497 e. The van der Waals surface area contributed by atoms with Crippen LogP contribution in [0.3, 0.4) is 0 Å². The lowest BCUT2D eigenvalue weighted by atomic mass is 10.1. The van der Waals surface area contributed by atoms with Gasteiger partial charge < -0.3 is 14.5 Å². The average Bonchev–Trinajstić information content (AvgIpc) is 3.64. The van der Waals surface area contributed by atoms with Crippen molar-refractivity contribution in [2.75, 3.05) is 45.2 Å². The number of anilines is 1. The zero-order chi connectivity index (χ0) is 23.7. The fourth-order valence-corrected chi connectivity index (χ4v) is 4.98. The minimum atomic E-state index is 0.671. The molecule has 0 N–H and O–H groups in total. The third-order valence-corrected chi connectivity index (χ3v) is 7.17. The van der Waals surface area contributed by atoms with E-state index in [1.165, 1.54) is 35.3 Å². The van der Waals surface area contributed by atoms with E-state index in [0.717, 1.165) is 56.4 Å². The first-order chi connectivity index (χ1) is 16.5. The van der Waals surface area contributed by atoms with E-state index in [2.05, 4.69) is 76.7 Å². The Morgan fingerprint density at radius 1 is 0.971 bits per heavy atom. The fraction of sp³-hybridized carbons (Fsp3) is 0.464. The molecule has 3 aromatic rings. The maximum atomic E-state index is 5.39. The van der Waals surface area contributed by atoms with Crippen molar-refractivity contribution in [3.63, 3.8) is 0 Å². The summed E-state index contributed by atoms with van der Waals surface area (Å²) in [5.74, 6) is 2.12. The average molecular weight is 460 g/mol. The number of benzene rings is 2. The molecule has 0 spiro atoms. The number of piperazine rings is 1. The van der Waals surface area contributed by atoms with E-state index in [1.54, 1.807) is 7.11 Å². The van der Waals surface area contributed by atoms with Gasteiger partial charge in [-0.05, 0) is 63.6 Å². The summed E-state index contributed by atoms with van der Waals surface area (Å²) in [5, 5.41) is 5.08. The molecule has 5 rings (SSSR count). The lowest BCUT2D eigenvalue weighted by molar-refractivity contribution is 0.245. The van der Waals surface area contributed by atoms with Crippen molar-refractivity contribution in [3.8, 4) is 11.4 Å². The van der Waals surface area contributed by atoms with Crippen LogP contribution in [0.1, 0.15) is 35.2 Å². The zero-order valence-electron chi connectivity index (χ0n) is 21.0. The molecule has 1 saturated heterocycles. The molecule has 1 saturated carbocycles. The van der Waals surface area contributed by atoms with E-state index in [1.807, 2.05) is 12.1 Å². The maximum absolute atomic E-state index is 5.39. The second-order valence-electron chi connectivity index (χ2n) is 9.91. The highest BCUT2D eigenvalue weighted by molar-refractivity contribution is 5.56. The Labute approximate surface area is 203 Å². The molecule has 0 radical (unpaired) electrons. The molecule has 2 fully saturated rings. The highest BCUT2D eigenvalue weighted by Crippen LogP contribution is 2.35. The van der Waals surface area contributed by atoms with Crippen LogP contribution in [0.25, 0.3) is 5.69 Å². The lowest BCUT2D eigenvalue weighted by Crippen LogP contribution is -2.45. The Morgan fingerprint density at radius 3 is 2.35 bits per heavy atom. The monoisotopic (exact) mass is 459 g/mol. The summed E-state index contributed by atoms with van der Waals surface area (Å²) >= 11 is 0. The van der Waals surface area contributed by atoms with E-state index in [4.69, 9.17) is 9.84 Å². The molecular formula is C28H37N5O. The molecule has 6 nitrogen and oxygen atoms in total. The second-order valence-corrected chi connectivity index (χ2v) is 9.91. The Balaban J connectivity index is 1.50. The van der Waals surface area contributed by atoms with Gasteiger partial charge in [-0.25, -0.2) is 4.68 Å². The minimum Gasteiger partial charge on any atom is -0.497 e. The Kier molecular flexibility index (Phi) is 6.61. The van der Waals surface area contributed by atoms with Gasteiger partial charge in [0, 0.05) is 50.9 Å². The van der Waals surface area contributed by atoms with Crippen LogP contribution in [0.5, 0.6) is 5.75 Å². The molecule has 0 atom stereocenters. The first kappa shape index (κ1) is 22.9. The number of nitrogens with zero attached hydrogens (tertiary/aromatic N) is 5. The number of hydrogen-bond acceptors (Lipinski definition) is 5. The van der Waals surface area contributed by atoms with Gasteiger partial charge in [0.2, 0.25) is 0 Å². The summed E-state index contributed by atoms with van der Waals surface area (Å²) < 4.78 is 7.55. The van der Waals surface area contributed by atoms with Crippen LogP contribution in [0.4, 0.5) is 5.82 Å². The van der Waals surface area contributed by atoms with E-state index in [9.17, 15) is 0 Å². The molecular weight excluding hydrogens is 422 g/mol. The molecule has 2 aliphatic rings. The number of likely N-dealkylation sites (N-methyl/N-ethyl adjacent to an activating group) is 1. The third kappa shape index (κ3) is 4.98. The summed E-state index contributed by atoms with van der Waals surface area (Å²) in [6.07, 6.45) is 2.59. The highest BCUT2D eigenvalue weighted by atomic mass is 16.5. The normalized spacial score (nSPS) is 16.9. The number of aromatic nitrogens is 2. The van der Waals surface area contributed by atoms with E-state index >= 15 is 0 Å². The fourth-order valence-electron chi connectivity index (χ4n) is 4.98. The van der Waals surface area contributed by atoms with Crippen LogP contribution in [-0.4, -0.2) is 66.0 Å². The quantitative estimate of drug-likeness (QED) is 0.499. The molecule has 2 heterocycles. The van der Waals surface area contributed by atoms with Crippen LogP contribution in [0, 0.1) is 13.8 Å². The topological polar surface area (TPSA) is 36.8 Å². The molecule has 0 unspecified atom stereocenters. The zero-order valence-corrected chi connectivity index (χ0v) is 21.0. The predicted molar refractivity (Wildman–Crippen MR) is 138 cm³/mol. The minimum absolute atomic E-state index is 0.671. The van der Waals surface area contributed by atoms with E-state index in [-0.39, 0.29) is 0 Å². The van der Waals surface area contributed by atoms with Crippen molar-refractivity contribution in [3.05, 3.63) is 70.9 Å². The third-order valence-electron chi connectivity index (χ3n) is 7.17. The Morgan fingerprint density at radius 2 is 1.71 bits per heavy atom. The summed E-state index contributed by atoms with van der Waals surface area (Å²) in [7, 11) is 3.92. The molecule has 1 aromatic heterocycles. The highest BCUT2D eigenvalue weighted by Gasteiger charge is 2.32. The predicted octanol–water partition coefficient (Wildman–Crippen LogP) is 4.41. The van der Waals surface area contributed by atoms with Crippen LogP contribution < -0.4 is 9.64 Å². The van der Waals surface area contributed by atoms with Crippen LogP contribution in [0.2, 0.25) is 0 Å². The molecule has 180 valence electrons. The van der Waals surface area contributed by atoms with Gasteiger partial charge >= 0.3 is 0 Å². The molecule has 1 aliphatic heterocycles. The van der Waals surface area contributed by atoms with Gasteiger partial charge in [-0.1, -0.05) is 29.8 Å². The molecule has 0 amide bonds. The number of methoxy groups -OCH3 is 1. The first-order valence-corrected chi connectivity index (χ1v) is 12.5. The number of rotatable bonds is 8. The maximum Gasteiger partial charge on any atom is 0.137 e. The second kappa shape index (κ2) is 9.80. The lowest BCUT2D eigenvalue weighted by Gasteiger charge is -2.35. The van der Waals surface area contributed by atoms with Crippen LogP contribution in [-0.2, 0) is 13.1 Å². The van der Waals surface area contributed by atoms with Gasteiger partial charge in [-0.2, -0.15) is 5.10 Å².